The van der Waals surface area contributed by atoms with Crippen LogP contribution >= 0.6 is 0 Å². The van der Waals surface area contributed by atoms with Gasteiger partial charge in [0.2, 0.25) is 11.8 Å². The molecular formula is C11H18N2O2. The molecule has 2 fully saturated rings. The molecule has 1 N–H and O–H groups in total. The van der Waals surface area contributed by atoms with E-state index >= 15 is 0 Å². The second-order valence-corrected chi connectivity index (χ2v) is 4.57. The Balaban J connectivity index is 1.83. The van der Waals surface area contributed by atoms with Crippen molar-refractivity contribution in [3.05, 3.63) is 0 Å². The van der Waals surface area contributed by atoms with E-state index < -0.39 is 0 Å². The number of carbonyl (C=O) groups is 2. The lowest BCUT2D eigenvalue weighted by atomic mass is 10.1. The highest BCUT2D eigenvalue weighted by molar-refractivity contribution is 6.03. The van der Waals surface area contributed by atoms with Crippen LogP contribution in [0.1, 0.15) is 32.6 Å². The highest BCUT2D eigenvalue weighted by Crippen LogP contribution is 2.20. The Labute approximate surface area is 90.0 Å². The molecule has 0 radical (unpaired) electrons. The summed E-state index contributed by atoms with van der Waals surface area (Å²) in [7, 11) is 0. The minimum Gasteiger partial charge on any atom is -0.314 e. The third kappa shape index (κ3) is 2.20. The van der Waals surface area contributed by atoms with Crippen LogP contribution in [-0.2, 0) is 9.59 Å². The molecule has 84 valence electrons. The maximum Gasteiger partial charge on any atom is 0.232 e. The summed E-state index contributed by atoms with van der Waals surface area (Å²) in [6.07, 6.45) is 3.69. The number of hydrogen-bond donors (Lipinski definition) is 1. The third-order valence-electron chi connectivity index (χ3n) is 3.33. The van der Waals surface area contributed by atoms with Gasteiger partial charge >= 0.3 is 0 Å². The Kier molecular flexibility index (Phi) is 3.05. The van der Waals surface area contributed by atoms with Crippen LogP contribution in [0.15, 0.2) is 0 Å². The second-order valence-electron chi connectivity index (χ2n) is 4.57. The topological polar surface area (TPSA) is 49.4 Å². The summed E-state index contributed by atoms with van der Waals surface area (Å²) in [6.45, 7) is 3.50. The fraction of sp³-hybridized carbons (Fsp3) is 0.818. The van der Waals surface area contributed by atoms with Crippen molar-refractivity contribution in [2.75, 3.05) is 13.1 Å². The Bertz CT molecular complexity index is 272. The van der Waals surface area contributed by atoms with Crippen LogP contribution in [0.3, 0.4) is 0 Å². The van der Waals surface area contributed by atoms with Gasteiger partial charge in [-0.05, 0) is 25.8 Å². The Morgan fingerprint density at radius 3 is 2.80 bits per heavy atom. The fourth-order valence-electron chi connectivity index (χ4n) is 2.37. The van der Waals surface area contributed by atoms with Crippen LogP contribution in [0.2, 0.25) is 0 Å². The minimum atomic E-state index is -0.103. The predicted octanol–water partition coefficient (Wildman–Crippen LogP) is 0.523. The van der Waals surface area contributed by atoms with E-state index in [-0.39, 0.29) is 17.7 Å². The summed E-state index contributed by atoms with van der Waals surface area (Å²) in [4.78, 5) is 24.5. The minimum absolute atomic E-state index is 0.00509. The summed E-state index contributed by atoms with van der Waals surface area (Å²) in [6, 6.07) is 0.501. The highest BCUT2D eigenvalue weighted by atomic mass is 16.2. The monoisotopic (exact) mass is 210 g/mol. The zero-order valence-corrected chi connectivity index (χ0v) is 9.16. The molecule has 0 aromatic carbocycles. The summed E-state index contributed by atoms with van der Waals surface area (Å²) in [5.74, 6) is -0.0856. The average molecular weight is 210 g/mol. The molecule has 2 saturated heterocycles. The maximum atomic E-state index is 11.6. The van der Waals surface area contributed by atoms with Crippen LogP contribution in [0, 0.1) is 5.92 Å². The molecule has 2 atom stereocenters. The molecular weight excluding hydrogens is 192 g/mol. The number of carbonyl (C=O) groups excluding carboxylic acids is 2. The molecule has 2 aliphatic rings. The molecule has 2 unspecified atom stereocenters. The van der Waals surface area contributed by atoms with Crippen LogP contribution in [0.5, 0.6) is 0 Å². The van der Waals surface area contributed by atoms with E-state index in [1.54, 1.807) is 0 Å². The first-order valence-electron chi connectivity index (χ1n) is 5.76. The van der Waals surface area contributed by atoms with E-state index in [2.05, 4.69) is 5.32 Å². The standard InChI is InChI=1S/C11H18N2O2/c1-8-7-10(14)13(11(8)15)6-4-9-3-2-5-12-9/h8-9,12H,2-7H2,1H3. The summed E-state index contributed by atoms with van der Waals surface area (Å²) < 4.78 is 0. The van der Waals surface area contributed by atoms with Gasteiger partial charge in [-0.3, -0.25) is 14.5 Å². The first-order valence-corrected chi connectivity index (χ1v) is 5.76. The van der Waals surface area contributed by atoms with E-state index in [4.69, 9.17) is 0 Å². The smallest absolute Gasteiger partial charge is 0.232 e. The second kappa shape index (κ2) is 4.31. The van der Waals surface area contributed by atoms with Gasteiger partial charge in [0.05, 0.1) is 0 Å². The van der Waals surface area contributed by atoms with Gasteiger partial charge in [-0.25, -0.2) is 0 Å². The van der Waals surface area contributed by atoms with Crippen LogP contribution in [-0.4, -0.2) is 35.8 Å². The van der Waals surface area contributed by atoms with Gasteiger partial charge in [0.1, 0.15) is 0 Å². The van der Waals surface area contributed by atoms with Crippen LogP contribution in [0.4, 0.5) is 0 Å². The molecule has 0 aromatic heterocycles. The third-order valence-corrected chi connectivity index (χ3v) is 3.33. The Hall–Kier alpha value is -0.900. The van der Waals surface area contributed by atoms with Crippen molar-refractivity contribution in [2.45, 2.75) is 38.6 Å². The molecule has 0 aliphatic carbocycles. The summed E-state index contributed by atoms with van der Waals surface area (Å²) in [5.41, 5.74) is 0. The van der Waals surface area contributed by atoms with Gasteiger partial charge in [0.15, 0.2) is 0 Å². The Morgan fingerprint density at radius 1 is 1.47 bits per heavy atom. The Morgan fingerprint density at radius 2 is 2.27 bits per heavy atom. The first kappa shape index (κ1) is 10.6. The number of rotatable bonds is 3. The SMILES string of the molecule is CC1CC(=O)N(CCC2CCCN2)C1=O. The molecule has 2 aliphatic heterocycles. The number of nitrogens with one attached hydrogen (secondary N) is 1. The van der Waals surface area contributed by atoms with Crippen molar-refractivity contribution in [1.82, 2.24) is 10.2 Å². The van der Waals surface area contributed by atoms with Crippen molar-refractivity contribution in [1.29, 1.82) is 0 Å². The highest BCUT2D eigenvalue weighted by Gasteiger charge is 2.35. The van der Waals surface area contributed by atoms with Crippen molar-refractivity contribution < 1.29 is 9.59 Å². The van der Waals surface area contributed by atoms with Crippen LogP contribution < -0.4 is 5.32 Å². The van der Waals surface area contributed by atoms with E-state index in [0.29, 0.717) is 19.0 Å². The van der Waals surface area contributed by atoms with Gasteiger partial charge in [-0.1, -0.05) is 6.92 Å². The fourth-order valence-corrected chi connectivity index (χ4v) is 2.37. The summed E-state index contributed by atoms with van der Waals surface area (Å²) >= 11 is 0. The average Bonchev–Trinajstić information content (AvgIpc) is 2.76. The lowest BCUT2D eigenvalue weighted by molar-refractivity contribution is -0.139. The molecule has 2 rings (SSSR count). The first-order chi connectivity index (χ1) is 7.18. The largest absolute Gasteiger partial charge is 0.314 e. The van der Waals surface area contributed by atoms with Gasteiger partial charge < -0.3 is 5.32 Å². The van der Waals surface area contributed by atoms with E-state index in [0.717, 1.165) is 13.0 Å². The molecule has 2 heterocycles. The summed E-state index contributed by atoms with van der Waals surface area (Å²) in [5, 5.41) is 3.37. The van der Waals surface area contributed by atoms with Crippen molar-refractivity contribution in [2.24, 2.45) is 5.92 Å². The zero-order valence-electron chi connectivity index (χ0n) is 9.16. The molecule has 0 spiro atoms. The zero-order chi connectivity index (χ0) is 10.8. The quantitative estimate of drug-likeness (QED) is 0.691. The lowest BCUT2D eigenvalue weighted by Crippen LogP contribution is -2.35. The molecule has 4 nitrogen and oxygen atoms in total. The normalized spacial score (nSPS) is 31.7. The molecule has 4 heteroatoms. The van der Waals surface area contributed by atoms with Gasteiger partial charge in [0.25, 0.3) is 0 Å². The number of imide groups is 1. The maximum absolute atomic E-state index is 11.6. The van der Waals surface area contributed by atoms with E-state index in [1.807, 2.05) is 6.92 Å². The van der Waals surface area contributed by atoms with Crippen molar-refractivity contribution in [3.63, 3.8) is 0 Å². The van der Waals surface area contributed by atoms with Crippen LogP contribution in [0.25, 0.3) is 0 Å². The predicted molar refractivity (Wildman–Crippen MR) is 56.1 cm³/mol. The molecule has 2 amide bonds. The van der Waals surface area contributed by atoms with E-state index in [1.165, 1.54) is 17.7 Å². The lowest BCUT2D eigenvalue weighted by Gasteiger charge is -2.17. The number of amides is 2. The number of hydrogen-bond acceptors (Lipinski definition) is 3. The van der Waals surface area contributed by atoms with E-state index in [9.17, 15) is 9.59 Å². The van der Waals surface area contributed by atoms with Crippen molar-refractivity contribution in [3.8, 4) is 0 Å². The molecule has 0 saturated carbocycles. The molecule has 15 heavy (non-hydrogen) atoms. The number of likely N-dealkylation sites (tertiary alicyclic amines) is 1. The molecule has 0 aromatic rings. The van der Waals surface area contributed by atoms with Gasteiger partial charge in [-0.2, -0.15) is 0 Å². The molecule has 0 bridgehead atoms. The van der Waals surface area contributed by atoms with Gasteiger partial charge in [-0.15, -0.1) is 0 Å². The van der Waals surface area contributed by atoms with Crippen molar-refractivity contribution >= 4 is 11.8 Å². The van der Waals surface area contributed by atoms with Gasteiger partial charge in [0, 0.05) is 24.9 Å². The number of nitrogens with zero attached hydrogens (tertiary/aromatic N) is 1.